The predicted molar refractivity (Wildman–Crippen MR) is 68.8 cm³/mol. The van der Waals surface area contributed by atoms with E-state index in [1.54, 1.807) is 6.07 Å². The van der Waals surface area contributed by atoms with Gasteiger partial charge in [-0.15, -0.1) is 0 Å². The summed E-state index contributed by atoms with van der Waals surface area (Å²) >= 11 is 5.68. The van der Waals surface area contributed by atoms with Crippen LogP contribution in [-0.2, 0) is 6.54 Å². The molecule has 0 amide bonds. The summed E-state index contributed by atoms with van der Waals surface area (Å²) in [6, 6.07) is 5.60. The highest BCUT2D eigenvalue weighted by molar-refractivity contribution is 6.30. The quantitative estimate of drug-likeness (QED) is 0.875. The number of hydrogen-bond acceptors (Lipinski definition) is 2. The molecule has 2 nitrogen and oxygen atoms in total. The van der Waals surface area contributed by atoms with E-state index in [1.165, 1.54) is 6.07 Å². The lowest BCUT2D eigenvalue weighted by atomic mass is 10.1. The van der Waals surface area contributed by atoms with Crippen molar-refractivity contribution in [2.75, 3.05) is 19.6 Å². The molecule has 0 saturated carbocycles. The Morgan fingerprint density at radius 1 is 1.47 bits per heavy atom. The number of hydrogen-bond donors (Lipinski definition) is 1. The van der Waals surface area contributed by atoms with Crippen molar-refractivity contribution in [3.8, 4) is 0 Å². The third-order valence-electron chi connectivity index (χ3n) is 3.31. The number of benzene rings is 1. The lowest BCUT2D eigenvalue weighted by Gasteiger charge is -2.26. The summed E-state index contributed by atoms with van der Waals surface area (Å²) in [6.45, 7) is 6.08. The van der Waals surface area contributed by atoms with Crippen molar-refractivity contribution in [2.45, 2.75) is 25.9 Å². The van der Waals surface area contributed by atoms with Crippen molar-refractivity contribution in [3.63, 3.8) is 0 Å². The maximum atomic E-state index is 13.3. The zero-order valence-corrected chi connectivity index (χ0v) is 10.8. The first-order valence-electron chi connectivity index (χ1n) is 6.05. The summed E-state index contributed by atoms with van der Waals surface area (Å²) in [4.78, 5) is 2.38. The summed E-state index contributed by atoms with van der Waals surface area (Å²) in [7, 11) is 0. The highest BCUT2D eigenvalue weighted by Gasteiger charge is 2.16. The van der Waals surface area contributed by atoms with Crippen molar-refractivity contribution >= 4 is 11.6 Å². The van der Waals surface area contributed by atoms with Gasteiger partial charge in [0, 0.05) is 25.7 Å². The standard InChI is InChI=1S/C13H18ClFN2/c1-10-4-5-16-6-7-17(10)9-11-2-3-12(14)13(15)8-11/h2-3,8,10,16H,4-7,9H2,1H3. The van der Waals surface area contributed by atoms with Crippen molar-refractivity contribution in [2.24, 2.45) is 0 Å². The number of halogens is 2. The average molecular weight is 257 g/mol. The molecule has 1 saturated heterocycles. The second kappa shape index (κ2) is 5.80. The van der Waals surface area contributed by atoms with E-state index in [9.17, 15) is 4.39 Å². The molecule has 94 valence electrons. The maximum Gasteiger partial charge on any atom is 0.142 e. The lowest BCUT2D eigenvalue weighted by Crippen LogP contribution is -2.33. The van der Waals surface area contributed by atoms with E-state index in [0.29, 0.717) is 6.04 Å². The van der Waals surface area contributed by atoms with Gasteiger partial charge in [0.05, 0.1) is 5.02 Å². The SMILES string of the molecule is CC1CCNCCN1Cc1ccc(Cl)c(F)c1. The second-order valence-electron chi connectivity index (χ2n) is 4.61. The van der Waals surface area contributed by atoms with Gasteiger partial charge < -0.3 is 5.32 Å². The highest BCUT2D eigenvalue weighted by Crippen LogP contribution is 2.18. The minimum absolute atomic E-state index is 0.194. The van der Waals surface area contributed by atoms with Crippen LogP contribution < -0.4 is 5.32 Å². The number of nitrogens with one attached hydrogen (secondary N) is 1. The zero-order chi connectivity index (χ0) is 12.3. The molecule has 1 aromatic rings. The Morgan fingerprint density at radius 3 is 3.06 bits per heavy atom. The zero-order valence-electron chi connectivity index (χ0n) is 10.0. The number of nitrogens with zero attached hydrogens (tertiary/aromatic N) is 1. The minimum atomic E-state index is -0.329. The largest absolute Gasteiger partial charge is 0.315 e. The van der Waals surface area contributed by atoms with E-state index < -0.39 is 0 Å². The van der Waals surface area contributed by atoms with Gasteiger partial charge in [-0.2, -0.15) is 0 Å². The maximum absolute atomic E-state index is 13.3. The lowest BCUT2D eigenvalue weighted by molar-refractivity contribution is 0.211. The molecule has 0 aromatic heterocycles. The first-order valence-corrected chi connectivity index (χ1v) is 6.43. The first-order chi connectivity index (χ1) is 8.16. The molecule has 0 spiro atoms. The molecule has 1 aliphatic heterocycles. The van der Waals surface area contributed by atoms with Gasteiger partial charge in [-0.25, -0.2) is 4.39 Å². The summed E-state index contributed by atoms with van der Waals surface area (Å²) < 4.78 is 13.3. The van der Waals surface area contributed by atoms with Crippen LogP contribution in [0.25, 0.3) is 0 Å². The Bertz CT molecular complexity index is 384. The van der Waals surface area contributed by atoms with Crippen LogP contribution in [0.2, 0.25) is 5.02 Å². The Labute approximate surface area is 107 Å². The van der Waals surface area contributed by atoms with Gasteiger partial charge in [0.1, 0.15) is 5.82 Å². The average Bonchev–Trinajstić information content (AvgIpc) is 2.50. The van der Waals surface area contributed by atoms with Crippen molar-refractivity contribution in [1.82, 2.24) is 10.2 Å². The Morgan fingerprint density at radius 2 is 2.29 bits per heavy atom. The van der Waals surface area contributed by atoms with E-state index in [0.717, 1.165) is 38.2 Å². The molecule has 1 fully saturated rings. The van der Waals surface area contributed by atoms with Gasteiger partial charge in [0.25, 0.3) is 0 Å². The van der Waals surface area contributed by atoms with Crippen LogP contribution in [0.3, 0.4) is 0 Å². The van der Waals surface area contributed by atoms with Gasteiger partial charge in [0.15, 0.2) is 0 Å². The van der Waals surface area contributed by atoms with E-state index in [2.05, 4.69) is 17.1 Å². The van der Waals surface area contributed by atoms with Crippen LogP contribution in [0.1, 0.15) is 18.9 Å². The molecule has 1 atom stereocenters. The normalized spacial score (nSPS) is 22.4. The topological polar surface area (TPSA) is 15.3 Å². The van der Waals surface area contributed by atoms with Crippen LogP contribution in [0, 0.1) is 5.82 Å². The molecule has 4 heteroatoms. The molecule has 1 N–H and O–H groups in total. The Balaban J connectivity index is 2.05. The molecule has 0 aliphatic carbocycles. The number of rotatable bonds is 2. The van der Waals surface area contributed by atoms with Crippen LogP contribution in [0.15, 0.2) is 18.2 Å². The van der Waals surface area contributed by atoms with Crippen LogP contribution in [0.4, 0.5) is 4.39 Å². The van der Waals surface area contributed by atoms with E-state index >= 15 is 0 Å². The molecular formula is C13H18ClFN2. The first kappa shape index (κ1) is 12.8. The molecule has 1 aromatic carbocycles. The third kappa shape index (κ3) is 3.41. The molecule has 0 radical (unpaired) electrons. The van der Waals surface area contributed by atoms with Crippen molar-refractivity contribution in [3.05, 3.63) is 34.6 Å². The van der Waals surface area contributed by atoms with Gasteiger partial charge in [-0.1, -0.05) is 17.7 Å². The Hall–Kier alpha value is -0.640. The van der Waals surface area contributed by atoms with Crippen molar-refractivity contribution < 1.29 is 4.39 Å². The molecule has 1 heterocycles. The predicted octanol–water partition coefficient (Wildman–Crippen LogP) is 2.66. The molecule has 2 rings (SSSR count). The van der Waals surface area contributed by atoms with E-state index in [1.807, 2.05) is 6.07 Å². The smallest absolute Gasteiger partial charge is 0.142 e. The van der Waals surface area contributed by atoms with Crippen LogP contribution in [0.5, 0.6) is 0 Å². The Kier molecular flexibility index (Phi) is 4.37. The monoisotopic (exact) mass is 256 g/mol. The van der Waals surface area contributed by atoms with Crippen LogP contribution >= 0.6 is 11.6 Å². The van der Waals surface area contributed by atoms with Gasteiger partial charge in [-0.05, 0) is 37.6 Å². The fourth-order valence-electron chi connectivity index (χ4n) is 2.17. The molecule has 0 bridgehead atoms. The van der Waals surface area contributed by atoms with Gasteiger partial charge >= 0.3 is 0 Å². The van der Waals surface area contributed by atoms with E-state index in [-0.39, 0.29) is 10.8 Å². The van der Waals surface area contributed by atoms with Crippen LogP contribution in [-0.4, -0.2) is 30.6 Å². The van der Waals surface area contributed by atoms with E-state index in [4.69, 9.17) is 11.6 Å². The summed E-state index contributed by atoms with van der Waals surface area (Å²) in [5, 5.41) is 3.57. The minimum Gasteiger partial charge on any atom is -0.315 e. The fourth-order valence-corrected chi connectivity index (χ4v) is 2.29. The molecular weight excluding hydrogens is 239 g/mol. The summed E-state index contributed by atoms with van der Waals surface area (Å²) in [5.41, 5.74) is 0.987. The summed E-state index contributed by atoms with van der Waals surface area (Å²) in [5.74, 6) is -0.329. The molecule has 1 unspecified atom stereocenters. The van der Waals surface area contributed by atoms with Gasteiger partial charge in [0.2, 0.25) is 0 Å². The third-order valence-corrected chi connectivity index (χ3v) is 3.61. The van der Waals surface area contributed by atoms with Gasteiger partial charge in [-0.3, -0.25) is 4.90 Å². The highest BCUT2D eigenvalue weighted by atomic mass is 35.5. The van der Waals surface area contributed by atoms with Crippen molar-refractivity contribution in [1.29, 1.82) is 0 Å². The second-order valence-corrected chi connectivity index (χ2v) is 5.01. The fraction of sp³-hybridized carbons (Fsp3) is 0.538. The molecule has 17 heavy (non-hydrogen) atoms. The summed E-state index contributed by atoms with van der Waals surface area (Å²) in [6.07, 6.45) is 1.13. The molecule has 1 aliphatic rings.